The summed E-state index contributed by atoms with van der Waals surface area (Å²) in [4.78, 5) is 11.3. The molecule has 3 atom stereocenters. The molecule has 43 heavy (non-hydrogen) atoms. The van der Waals surface area contributed by atoms with Gasteiger partial charge in [0.1, 0.15) is 12.7 Å². The first-order valence-electron chi connectivity index (χ1n) is 9.84. The molecule has 0 heterocycles. The van der Waals surface area contributed by atoms with Crippen LogP contribution in [-0.2, 0) is 28.5 Å². The second kappa shape index (κ2) is 12.9. The maximum atomic E-state index is 13.8. The predicted octanol–water partition coefficient (Wildman–Crippen LogP) is 6.90. The van der Waals surface area contributed by atoms with Crippen LogP contribution in [0, 0.1) is 0 Å². The van der Waals surface area contributed by atoms with Crippen LogP contribution in [0.3, 0.4) is 0 Å². The van der Waals surface area contributed by atoms with Crippen LogP contribution in [0.25, 0.3) is 0 Å². The molecule has 0 aromatic carbocycles. The third kappa shape index (κ3) is 9.82. The van der Waals surface area contributed by atoms with Gasteiger partial charge in [-0.1, -0.05) is 6.58 Å². The van der Waals surface area contributed by atoms with E-state index in [1.807, 2.05) is 0 Å². The highest BCUT2D eigenvalue weighted by Gasteiger charge is 2.77. The van der Waals surface area contributed by atoms with E-state index < -0.39 is 92.2 Å². The molecule has 0 aliphatic carbocycles. The Labute approximate surface area is 223 Å². The lowest BCUT2D eigenvalue weighted by Gasteiger charge is -2.32. The Balaban J connectivity index is 5.95. The van der Waals surface area contributed by atoms with Crippen LogP contribution >= 0.6 is 0 Å². The summed E-state index contributed by atoms with van der Waals surface area (Å²) in [5.74, 6) is -16.4. The van der Waals surface area contributed by atoms with Crippen molar-refractivity contribution < 1.29 is 116 Å². The third-order valence-electron chi connectivity index (χ3n) is 4.01. The van der Waals surface area contributed by atoms with E-state index in [2.05, 4.69) is 30.3 Å². The number of hydrogen-bond acceptors (Lipinski definition) is 6. The normalized spacial score (nSPS) is 17.0. The Kier molecular flexibility index (Phi) is 12.2. The monoisotopic (exact) mass is 692 g/mol. The minimum absolute atomic E-state index is 0.664. The predicted molar refractivity (Wildman–Crippen MR) is 90.4 cm³/mol. The Morgan fingerprint density at radius 2 is 0.953 bits per heavy atom. The van der Waals surface area contributed by atoms with Crippen molar-refractivity contribution in [2.75, 3.05) is 13.2 Å². The fourth-order valence-electron chi connectivity index (χ4n) is 1.83. The van der Waals surface area contributed by atoms with Gasteiger partial charge in [-0.05, 0) is 6.92 Å². The molecule has 3 unspecified atom stereocenters. The summed E-state index contributed by atoms with van der Waals surface area (Å²) in [5.41, 5.74) is -0.664. The maximum absolute atomic E-state index is 13.8. The van der Waals surface area contributed by atoms with Gasteiger partial charge < -0.3 is 14.2 Å². The average Bonchev–Trinajstić information content (AvgIpc) is 2.77. The van der Waals surface area contributed by atoms with Crippen LogP contribution in [0.5, 0.6) is 0 Å². The molecule has 0 aliphatic rings. The first kappa shape index (κ1) is 40.6. The van der Waals surface area contributed by atoms with Crippen LogP contribution < -0.4 is 0 Å². The van der Waals surface area contributed by atoms with Crippen molar-refractivity contribution in [1.82, 2.24) is 0 Å². The summed E-state index contributed by atoms with van der Waals surface area (Å²) in [7, 11) is 0. The molecule has 0 amide bonds. The Hall–Kier alpha value is -2.35. The third-order valence-corrected chi connectivity index (χ3v) is 4.01. The fourth-order valence-corrected chi connectivity index (χ4v) is 1.83. The Morgan fingerprint density at radius 1 is 0.605 bits per heavy atom. The molecule has 0 rings (SSSR count). The summed E-state index contributed by atoms with van der Waals surface area (Å²) in [6.45, 7) is -0.921. The minimum atomic E-state index is -7.36. The Bertz CT molecular complexity index is 961. The number of halogens is 20. The van der Waals surface area contributed by atoms with Crippen LogP contribution in [-0.4, -0.2) is 86.6 Å². The van der Waals surface area contributed by atoms with Crippen molar-refractivity contribution in [3.8, 4) is 0 Å². The molecule has 26 heteroatoms. The molecule has 256 valence electrons. The van der Waals surface area contributed by atoms with Gasteiger partial charge in [0.15, 0.2) is 0 Å². The number of hydrogen-bond donors (Lipinski definition) is 0. The molecule has 0 N–H and O–H groups in total. The summed E-state index contributed by atoms with van der Waals surface area (Å²) in [5, 5.41) is 0. The van der Waals surface area contributed by atoms with E-state index >= 15 is 0 Å². The van der Waals surface area contributed by atoms with Gasteiger partial charge in [-0.25, -0.2) is 13.6 Å². The molecule has 0 saturated carbocycles. The SMILES string of the molecule is C=C(C)C(=O)OCC(COC(F)(F)C(F)OC(F)(F)C(F)(F)C(F)(F)F)OC(F)(F)C(F)OC(F)(F)C(F)(F)C(F)(F)F. The van der Waals surface area contributed by atoms with Crippen LogP contribution in [0.2, 0.25) is 0 Å². The Morgan fingerprint density at radius 3 is 1.28 bits per heavy atom. The molecule has 0 radical (unpaired) electrons. The van der Waals surface area contributed by atoms with E-state index in [1.165, 1.54) is 0 Å². The van der Waals surface area contributed by atoms with Gasteiger partial charge in [-0.2, -0.15) is 79.0 Å². The maximum Gasteiger partial charge on any atom is 0.462 e. The molecule has 0 aliphatic heterocycles. The molecule has 0 aromatic rings. The van der Waals surface area contributed by atoms with Crippen LogP contribution in [0.4, 0.5) is 87.8 Å². The standard InChI is InChI=1S/C17H12F20O6/c1-5(2)7(38)39-3-6(41-11(22,23)9(19)43-17(36,37)13(26,27)15(31,32)33)4-40-10(20,21)8(18)42-16(34,35)12(24,25)14(28,29)30/h6,8-9H,1,3-4H2,2H3. The van der Waals surface area contributed by atoms with Crippen molar-refractivity contribution in [3.63, 3.8) is 0 Å². The first-order valence-corrected chi connectivity index (χ1v) is 9.84. The van der Waals surface area contributed by atoms with E-state index in [0.717, 1.165) is 6.92 Å². The van der Waals surface area contributed by atoms with Gasteiger partial charge in [0.05, 0.1) is 6.61 Å². The number of carbonyl (C=O) groups excluding carboxylic acids is 1. The summed E-state index contributed by atoms with van der Waals surface area (Å²) in [6, 6.07) is 0. The van der Waals surface area contributed by atoms with Crippen LogP contribution in [0.1, 0.15) is 6.92 Å². The molecule has 0 saturated heterocycles. The zero-order valence-corrected chi connectivity index (χ0v) is 19.9. The van der Waals surface area contributed by atoms with Crippen LogP contribution in [0.15, 0.2) is 12.2 Å². The molecular weight excluding hydrogens is 680 g/mol. The van der Waals surface area contributed by atoms with Crippen molar-refractivity contribution in [2.45, 2.75) is 74.4 Å². The molecule has 0 bridgehead atoms. The zero-order chi connectivity index (χ0) is 34.8. The van der Waals surface area contributed by atoms with Crippen molar-refractivity contribution in [1.29, 1.82) is 0 Å². The van der Waals surface area contributed by atoms with E-state index in [1.54, 1.807) is 0 Å². The molecular formula is C17H12F20O6. The van der Waals surface area contributed by atoms with E-state index in [9.17, 15) is 92.6 Å². The smallest absolute Gasteiger partial charge is 0.459 e. The van der Waals surface area contributed by atoms with Gasteiger partial charge in [0.25, 0.3) is 12.7 Å². The second-order valence-electron chi connectivity index (χ2n) is 7.60. The first-order chi connectivity index (χ1) is 18.7. The largest absolute Gasteiger partial charge is 0.462 e. The molecule has 0 fully saturated rings. The van der Waals surface area contributed by atoms with Crippen molar-refractivity contribution >= 4 is 5.97 Å². The van der Waals surface area contributed by atoms with Gasteiger partial charge in [-0.15, -0.1) is 0 Å². The lowest BCUT2D eigenvalue weighted by Crippen LogP contribution is -2.56. The molecule has 6 nitrogen and oxygen atoms in total. The second-order valence-corrected chi connectivity index (χ2v) is 7.60. The summed E-state index contributed by atoms with van der Waals surface area (Å²) >= 11 is 0. The van der Waals surface area contributed by atoms with Gasteiger partial charge in [0.2, 0.25) is 0 Å². The highest BCUT2D eigenvalue weighted by molar-refractivity contribution is 5.86. The number of esters is 1. The van der Waals surface area contributed by atoms with Gasteiger partial charge in [-0.3, -0.25) is 9.47 Å². The topological polar surface area (TPSA) is 63.2 Å². The van der Waals surface area contributed by atoms with E-state index in [-0.39, 0.29) is 0 Å². The highest BCUT2D eigenvalue weighted by Crippen LogP contribution is 2.50. The van der Waals surface area contributed by atoms with Crippen molar-refractivity contribution in [3.05, 3.63) is 12.2 Å². The number of ether oxygens (including phenoxy) is 5. The highest BCUT2D eigenvalue weighted by atomic mass is 19.4. The van der Waals surface area contributed by atoms with Gasteiger partial charge >= 0.3 is 54.6 Å². The van der Waals surface area contributed by atoms with Crippen molar-refractivity contribution in [2.24, 2.45) is 0 Å². The number of rotatable bonds is 16. The average molecular weight is 692 g/mol. The van der Waals surface area contributed by atoms with E-state index in [0.29, 0.717) is 0 Å². The molecule has 0 spiro atoms. The summed E-state index contributed by atoms with van der Waals surface area (Å²) in [6.07, 6.45) is -55.2. The lowest BCUT2D eigenvalue weighted by molar-refractivity contribution is -0.472. The van der Waals surface area contributed by atoms with Gasteiger partial charge in [0, 0.05) is 5.57 Å². The quantitative estimate of drug-likeness (QED) is 0.0998. The van der Waals surface area contributed by atoms with E-state index in [4.69, 9.17) is 0 Å². The zero-order valence-electron chi connectivity index (χ0n) is 19.9. The molecule has 0 aromatic heterocycles. The lowest BCUT2D eigenvalue weighted by atomic mass is 10.3. The summed E-state index contributed by atoms with van der Waals surface area (Å²) < 4.78 is 272. The number of alkyl halides is 20. The fraction of sp³-hybridized carbons (Fsp3) is 0.824. The minimum Gasteiger partial charge on any atom is -0.459 e. The number of carbonyl (C=O) groups is 1.